The Labute approximate surface area is 77.9 Å². The van der Waals surface area contributed by atoms with Crippen molar-refractivity contribution >= 4 is 5.82 Å². The third kappa shape index (κ3) is 2.48. The van der Waals surface area contributed by atoms with Gasteiger partial charge in [0.25, 0.3) is 0 Å². The minimum Gasteiger partial charge on any atom is -0.478 e. The first-order valence-electron chi connectivity index (χ1n) is 3.78. The minimum atomic E-state index is -4.61. The molecule has 0 aromatic carbocycles. The van der Waals surface area contributed by atoms with Crippen molar-refractivity contribution in [3.05, 3.63) is 11.9 Å². The van der Waals surface area contributed by atoms with E-state index in [1.807, 2.05) is 0 Å². The molecule has 4 nitrogen and oxygen atoms in total. The van der Waals surface area contributed by atoms with Crippen LogP contribution in [0.4, 0.5) is 19.0 Å². The zero-order valence-electron chi connectivity index (χ0n) is 7.30. The maximum atomic E-state index is 12.2. The Morgan fingerprint density at radius 3 is 2.57 bits per heavy atom. The van der Waals surface area contributed by atoms with Crippen molar-refractivity contribution in [3.8, 4) is 5.88 Å². The van der Waals surface area contributed by atoms with Crippen LogP contribution >= 0.6 is 0 Å². The van der Waals surface area contributed by atoms with Crippen molar-refractivity contribution in [2.24, 2.45) is 0 Å². The molecule has 0 saturated carbocycles. The highest BCUT2D eigenvalue weighted by molar-refractivity contribution is 5.33. The summed E-state index contributed by atoms with van der Waals surface area (Å²) in [6.07, 6.45) is -4.61. The van der Waals surface area contributed by atoms with Crippen molar-refractivity contribution in [1.82, 2.24) is 9.97 Å². The molecule has 0 aliphatic carbocycles. The van der Waals surface area contributed by atoms with Gasteiger partial charge in [0.05, 0.1) is 6.61 Å². The van der Waals surface area contributed by atoms with E-state index in [0.717, 1.165) is 6.07 Å². The Bertz CT molecular complexity index is 326. The van der Waals surface area contributed by atoms with Crippen LogP contribution in [0, 0.1) is 0 Å². The second-order valence-electron chi connectivity index (χ2n) is 2.39. The molecule has 0 amide bonds. The number of hydrogen-bond donors (Lipinski definition) is 1. The molecule has 0 atom stereocenters. The molecule has 0 spiro atoms. The molecule has 0 aliphatic heterocycles. The number of halogens is 3. The maximum Gasteiger partial charge on any atom is 0.451 e. The van der Waals surface area contributed by atoms with Crippen LogP contribution < -0.4 is 10.5 Å². The Hall–Kier alpha value is -1.53. The lowest BCUT2D eigenvalue weighted by Gasteiger charge is -2.07. The highest BCUT2D eigenvalue weighted by Crippen LogP contribution is 2.28. The second kappa shape index (κ2) is 3.69. The molecule has 7 heteroatoms. The van der Waals surface area contributed by atoms with Crippen molar-refractivity contribution in [2.75, 3.05) is 12.3 Å². The summed E-state index contributed by atoms with van der Waals surface area (Å²) in [5, 5.41) is 0. The molecule has 14 heavy (non-hydrogen) atoms. The van der Waals surface area contributed by atoms with E-state index in [2.05, 4.69) is 9.97 Å². The summed E-state index contributed by atoms with van der Waals surface area (Å²) in [5.41, 5.74) is 5.16. The Kier molecular flexibility index (Phi) is 2.78. The summed E-state index contributed by atoms with van der Waals surface area (Å²) in [4.78, 5) is 6.21. The van der Waals surface area contributed by atoms with Gasteiger partial charge in [-0.15, -0.1) is 0 Å². The molecule has 1 aromatic heterocycles. The highest BCUT2D eigenvalue weighted by Gasteiger charge is 2.35. The van der Waals surface area contributed by atoms with Crippen LogP contribution in [0.15, 0.2) is 6.07 Å². The molecule has 1 aromatic rings. The first kappa shape index (κ1) is 10.6. The number of alkyl halides is 3. The summed E-state index contributed by atoms with van der Waals surface area (Å²) in [6, 6.07) is 1.14. The van der Waals surface area contributed by atoms with E-state index in [1.165, 1.54) is 0 Å². The summed E-state index contributed by atoms with van der Waals surface area (Å²) < 4.78 is 41.2. The molecule has 0 unspecified atom stereocenters. The van der Waals surface area contributed by atoms with Gasteiger partial charge in [-0.2, -0.15) is 18.2 Å². The molecule has 0 aliphatic rings. The van der Waals surface area contributed by atoms with Crippen LogP contribution in [0.3, 0.4) is 0 Å². The lowest BCUT2D eigenvalue weighted by Crippen LogP contribution is -2.13. The van der Waals surface area contributed by atoms with Gasteiger partial charge in [-0.1, -0.05) is 0 Å². The predicted octanol–water partition coefficient (Wildman–Crippen LogP) is 1.48. The Balaban J connectivity index is 3.07. The van der Waals surface area contributed by atoms with Crippen molar-refractivity contribution in [3.63, 3.8) is 0 Å². The van der Waals surface area contributed by atoms with E-state index in [4.69, 9.17) is 10.5 Å². The fourth-order valence-electron chi connectivity index (χ4n) is 0.791. The van der Waals surface area contributed by atoms with E-state index in [0.29, 0.717) is 0 Å². The summed E-state index contributed by atoms with van der Waals surface area (Å²) in [5.74, 6) is -1.73. The topological polar surface area (TPSA) is 61.0 Å². The monoisotopic (exact) mass is 207 g/mol. The van der Waals surface area contributed by atoms with E-state index < -0.39 is 12.0 Å². The standard InChI is InChI=1S/C7H8F3N3O/c1-2-14-5-3-4(11)12-6(13-5)7(8,9)10/h3H,2H2,1H3,(H2,11,12,13). The van der Waals surface area contributed by atoms with Gasteiger partial charge >= 0.3 is 6.18 Å². The van der Waals surface area contributed by atoms with Crippen LogP contribution in [0.1, 0.15) is 12.7 Å². The highest BCUT2D eigenvalue weighted by atomic mass is 19.4. The fraction of sp³-hybridized carbons (Fsp3) is 0.429. The molecule has 1 heterocycles. The number of nitrogen functional groups attached to an aromatic ring is 1. The average Bonchev–Trinajstić information content (AvgIpc) is 2.02. The van der Waals surface area contributed by atoms with Crippen LogP contribution in [-0.2, 0) is 6.18 Å². The second-order valence-corrected chi connectivity index (χ2v) is 2.39. The Morgan fingerprint density at radius 1 is 1.43 bits per heavy atom. The van der Waals surface area contributed by atoms with E-state index in [-0.39, 0.29) is 18.3 Å². The predicted molar refractivity (Wildman–Crippen MR) is 42.6 cm³/mol. The number of aromatic nitrogens is 2. The van der Waals surface area contributed by atoms with Crippen molar-refractivity contribution in [2.45, 2.75) is 13.1 Å². The van der Waals surface area contributed by atoms with Crippen LogP contribution in [0.2, 0.25) is 0 Å². The quantitative estimate of drug-likeness (QED) is 0.797. The van der Waals surface area contributed by atoms with E-state index >= 15 is 0 Å². The van der Waals surface area contributed by atoms with Crippen LogP contribution in [0.5, 0.6) is 5.88 Å². The summed E-state index contributed by atoms with van der Waals surface area (Å²) in [7, 11) is 0. The summed E-state index contributed by atoms with van der Waals surface area (Å²) >= 11 is 0. The normalized spacial score (nSPS) is 11.4. The number of rotatable bonds is 2. The largest absolute Gasteiger partial charge is 0.478 e. The number of anilines is 1. The van der Waals surface area contributed by atoms with Crippen molar-refractivity contribution in [1.29, 1.82) is 0 Å². The molecule has 0 radical (unpaired) electrons. The first-order chi connectivity index (χ1) is 6.43. The summed E-state index contributed by atoms with van der Waals surface area (Å²) in [6.45, 7) is 1.85. The smallest absolute Gasteiger partial charge is 0.451 e. The molecular weight excluding hydrogens is 199 g/mol. The Morgan fingerprint density at radius 2 is 2.07 bits per heavy atom. The third-order valence-electron chi connectivity index (χ3n) is 1.27. The zero-order valence-corrected chi connectivity index (χ0v) is 7.30. The van der Waals surface area contributed by atoms with Gasteiger partial charge in [0, 0.05) is 6.07 Å². The SMILES string of the molecule is CCOc1cc(N)nc(C(F)(F)F)n1. The lowest BCUT2D eigenvalue weighted by atomic mass is 10.5. The van der Waals surface area contributed by atoms with Crippen molar-refractivity contribution < 1.29 is 17.9 Å². The van der Waals surface area contributed by atoms with Gasteiger partial charge < -0.3 is 10.5 Å². The molecule has 0 fully saturated rings. The molecular formula is C7H8F3N3O. The van der Waals surface area contributed by atoms with Gasteiger partial charge in [-0.05, 0) is 6.92 Å². The minimum absolute atomic E-state index is 0.174. The number of hydrogen-bond acceptors (Lipinski definition) is 4. The number of ether oxygens (including phenoxy) is 1. The molecule has 78 valence electrons. The van der Waals surface area contributed by atoms with Gasteiger partial charge in [-0.25, -0.2) is 4.98 Å². The number of nitrogens with two attached hydrogens (primary N) is 1. The first-order valence-corrected chi connectivity index (χ1v) is 3.78. The fourth-order valence-corrected chi connectivity index (χ4v) is 0.791. The lowest BCUT2D eigenvalue weighted by molar-refractivity contribution is -0.145. The van der Waals surface area contributed by atoms with Gasteiger partial charge in [0.15, 0.2) is 0 Å². The third-order valence-corrected chi connectivity index (χ3v) is 1.27. The van der Waals surface area contributed by atoms with Crippen LogP contribution in [-0.4, -0.2) is 16.6 Å². The van der Waals surface area contributed by atoms with E-state index in [9.17, 15) is 13.2 Å². The number of nitrogens with zero attached hydrogens (tertiary/aromatic N) is 2. The zero-order chi connectivity index (χ0) is 10.8. The maximum absolute atomic E-state index is 12.2. The molecule has 1 rings (SSSR count). The van der Waals surface area contributed by atoms with Gasteiger partial charge in [-0.3, -0.25) is 0 Å². The molecule has 2 N–H and O–H groups in total. The van der Waals surface area contributed by atoms with Gasteiger partial charge in [0.1, 0.15) is 5.82 Å². The van der Waals surface area contributed by atoms with Crippen LogP contribution in [0.25, 0.3) is 0 Å². The van der Waals surface area contributed by atoms with Gasteiger partial charge in [0.2, 0.25) is 11.7 Å². The molecule has 0 saturated heterocycles. The molecule has 0 bridgehead atoms. The average molecular weight is 207 g/mol. The van der Waals surface area contributed by atoms with E-state index in [1.54, 1.807) is 6.92 Å².